The molecule has 1 aromatic heterocycles. The first-order valence-corrected chi connectivity index (χ1v) is 11.1. The quantitative estimate of drug-likeness (QED) is 0.561. The Balaban J connectivity index is 1.53. The van der Waals surface area contributed by atoms with Crippen molar-refractivity contribution in [3.63, 3.8) is 0 Å². The number of fused-ring (bicyclic) bond motifs is 1. The monoisotopic (exact) mass is 429 g/mol. The summed E-state index contributed by atoms with van der Waals surface area (Å²) in [7, 11) is 0. The second kappa shape index (κ2) is 9.20. The van der Waals surface area contributed by atoms with E-state index >= 15 is 0 Å². The van der Waals surface area contributed by atoms with Crippen molar-refractivity contribution >= 4 is 40.3 Å². The van der Waals surface area contributed by atoms with Gasteiger partial charge in [0.1, 0.15) is 0 Å². The van der Waals surface area contributed by atoms with Crippen molar-refractivity contribution in [2.24, 2.45) is 0 Å². The maximum atomic E-state index is 12.6. The van der Waals surface area contributed by atoms with Crippen LogP contribution in [0.15, 0.2) is 53.7 Å². The van der Waals surface area contributed by atoms with Crippen LogP contribution in [-0.4, -0.2) is 40.0 Å². The van der Waals surface area contributed by atoms with E-state index in [-0.39, 0.29) is 17.3 Å². The summed E-state index contributed by atoms with van der Waals surface area (Å²) in [4.78, 5) is 17.4. The van der Waals surface area contributed by atoms with Crippen LogP contribution in [-0.2, 0) is 16.1 Å². The Labute approximate surface area is 179 Å². The van der Waals surface area contributed by atoms with Gasteiger partial charge >= 0.3 is 0 Å². The zero-order valence-electron chi connectivity index (χ0n) is 16.3. The van der Waals surface area contributed by atoms with Crippen LogP contribution in [0.25, 0.3) is 11.0 Å². The summed E-state index contributed by atoms with van der Waals surface area (Å²) >= 11 is 7.64. The average molecular weight is 430 g/mol. The van der Waals surface area contributed by atoms with Gasteiger partial charge in [-0.05, 0) is 43.5 Å². The molecule has 0 radical (unpaired) electrons. The van der Waals surface area contributed by atoms with E-state index in [1.54, 1.807) is 0 Å². The van der Waals surface area contributed by atoms with Crippen LogP contribution in [0.3, 0.4) is 0 Å². The average Bonchev–Trinajstić information content (AvgIpc) is 3.35. The number of nitrogens with zero attached hydrogens (tertiary/aromatic N) is 2. The van der Waals surface area contributed by atoms with Crippen LogP contribution >= 0.6 is 23.4 Å². The molecule has 1 aliphatic heterocycles. The molecule has 0 unspecified atom stereocenters. The molecule has 152 valence electrons. The highest BCUT2D eigenvalue weighted by Crippen LogP contribution is 2.29. The summed E-state index contributed by atoms with van der Waals surface area (Å²) in [5, 5.41) is 4.21. The molecular weight excluding hydrogens is 406 g/mol. The number of rotatable bonds is 7. The molecule has 1 aliphatic rings. The Morgan fingerprint density at radius 1 is 1.34 bits per heavy atom. The molecule has 0 saturated carbocycles. The summed E-state index contributed by atoms with van der Waals surface area (Å²) in [5.41, 5.74) is 3.02. The van der Waals surface area contributed by atoms with E-state index < -0.39 is 0 Å². The standard InChI is InChI=1S/C22H24ClN3O2S/c1-15(21(27)24-13-18-8-5-11-28-18)29-22-25-19-12-17(23)9-10-20(19)26(22)14-16-6-3-2-4-7-16/h2-4,6-7,9-10,12,15,18H,5,8,11,13-14H2,1H3,(H,24,27)/t15-,18+/m0/s1. The van der Waals surface area contributed by atoms with Gasteiger partial charge in [-0.2, -0.15) is 0 Å². The van der Waals surface area contributed by atoms with Crippen molar-refractivity contribution in [2.45, 2.75) is 42.8 Å². The number of amides is 1. The molecule has 1 saturated heterocycles. The molecule has 1 amide bonds. The number of hydrogen-bond donors (Lipinski definition) is 1. The van der Waals surface area contributed by atoms with Gasteiger partial charge in [0.15, 0.2) is 5.16 Å². The number of imidazole rings is 1. The molecule has 2 atom stereocenters. The largest absolute Gasteiger partial charge is 0.376 e. The van der Waals surface area contributed by atoms with Gasteiger partial charge in [0.2, 0.25) is 5.91 Å². The third-order valence-corrected chi connectivity index (χ3v) is 6.36. The minimum atomic E-state index is -0.266. The number of carbonyl (C=O) groups excluding carboxylic acids is 1. The molecule has 0 bridgehead atoms. The summed E-state index contributed by atoms with van der Waals surface area (Å²) < 4.78 is 7.74. The number of aromatic nitrogens is 2. The van der Waals surface area contributed by atoms with Gasteiger partial charge in [-0.25, -0.2) is 4.98 Å². The first kappa shape index (κ1) is 20.3. The maximum absolute atomic E-state index is 12.6. The fraction of sp³-hybridized carbons (Fsp3) is 0.364. The Kier molecular flexibility index (Phi) is 6.43. The Morgan fingerprint density at radius 2 is 2.17 bits per heavy atom. The third kappa shape index (κ3) is 4.94. The number of ether oxygens (including phenoxy) is 1. The highest BCUT2D eigenvalue weighted by atomic mass is 35.5. The van der Waals surface area contributed by atoms with Crippen molar-refractivity contribution in [1.29, 1.82) is 0 Å². The summed E-state index contributed by atoms with van der Waals surface area (Å²) in [5.74, 6) is 0.00171. The number of carbonyl (C=O) groups is 1. The normalized spacial score (nSPS) is 17.5. The summed E-state index contributed by atoms with van der Waals surface area (Å²) in [6.07, 6.45) is 2.22. The molecule has 5 nitrogen and oxygen atoms in total. The van der Waals surface area contributed by atoms with Crippen LogP contribution < -0.4 is 5.32 Å². The fourth-order valence-corrected chi connectivity index (χ4v) is 4.58. The second-order valence-electron chi connectivity index (χ2n) is 7.24. The second-order valence-corrected chi connectivity index (χ2v) is 8.98. The predicted molar refractivity (Wildman–Crippen MR) is 118 cm³/mol. The van der Waals surface area contributed by atoms with Crippen molar-refractivity contribution in [3.8, 4) is 0 Å². The van der Waals surface area contributed by atoms with Crippen molar-refractivity contribution < 1.29 is 9.53 Å². The van der Waals surface area contributed by atoms with E-state index in [1.807, 2.05) is 43.3 Å². The molecule has 4 rings (SSSR count). The van der Waals surface area contributed by atoms with E-state index in [2.05, 4.69) is 22.0 Å². The lowest BCUT2D eigenvalue weighted by Crippen LogP contribution is -2.36. The van der Waals surface area contributed by atoms with E-state index in [1.165, 1.54) is 17.3 Å². The van der Waals surface area contributed by atoms with E-state index in [0.717, 1.165) is 35.6 Å². The zero-order chi connectivity index (χ0) is 20.2. The number of benzene rings is 2. The van der Waals surface area contributed by atoms with Crippen molar-refractivity contribution in [1.82, 2.24) is 14.9 Å². The van der Waals surface area contributed by atoms with Crippen LogP contribution in [0.4, 0.5) is 0 Å². The molecule has 7 heteroatoms. The van der Waals surface area contributed by atoms with Crippen LogP contribution in [0, 0.1) is 0 Å². The predicted octanol–water partition coefficient (Wildman–Crippen LogP) is 4.51. The Morgan fingerprint density at radius 3 is 2.93 bits per heavy atom. The van der Waals surface area contributed by atoms with Gasteiger partial charge in [-0.3, -0.25) is 4.79 Å². The van der Waals surface area contributed by atoms with E-state index in [9.17, 15) is 4.79 Å². The zero-order valence-corrected chi connectivity index (χ0v) is 17.9. The van der Waals surface area contributed by atoms with E-state index in [4.69, 9.17) is 21.3 Å². The van der Waals surface area contributed by atoms with Crippen LogP contribution in [0.1, 0.15) is 25.3 Å². The van der Waals surface area contributed by atoms with Gasteiger partial charge in [0.25, 0.3) is 0 Å². The molecule has 2 aromatic carbocycles. The first-order chi connectivity index (χ1) is 14.1. The lowest BCUT2D eigenvalue weighted by molar-refractivity contribution is -0.120. The highest BCUT2D eigenvalue weighted by molar-refractivity contribution is 8.00. The van der Waals surface area contributed by atoms with Gasteiger partial charge < -0.3 is 14.6 Å². The number of halogens is 1. The van der Waals surface area contributed by atoms with E-state index in [0.29, 0.717) is 18.1 Å². The topological polar surface area (TPSA) is 56.2 Å². The molecule has 29 heavy (non-hydrogen) atoms. The van der Waals surface area contributed by atoms with Crippen molar-refractivity contribution in [3.05, 3.63) is 59.1 Å². The van der Waals surface area contributed by atoms with Gasteiger partial charge in [0, 0.05) is 18.2 Å². The number of thioether (sulfide) groups is 1. The molecule has 2 heterocycles. The molecule has 1 N–H and O–H groups in total. The first-order valence-electron chi connectivity index (χ1n) is 9.86. The number of hydrogen-bond acceptors (Lipinski definition) is 4. The number of nitrogens with one attached hydrogen (secondary N) is 1. The van der Waals surface area contributed by atoms with Gasteiger partial charge in [-0.15, -0.1) is 0 Å². The molecule has 0 spiro atoms. The Hall–Kier alpha value is -2.02. The minimum absolute atomic E-state index is 0.00171. The lowest BCUT2D eigenvalue weighted by atomic mass is 10.2. The maximum Gasteiger partial charge on any atom is 0.233 e. The minimum Gasteiger partial charge on any atom is -0.376 e. The van der Waals surface area contributed by atoms with Gasteiger partial charge in [0.05, 0.1) is 28.9 Å². The lowest BCUT2D eigenvalue weighted by Gasteiger charge is -2.15. The van der Waals surface area contributed by atoms with Crippen molar-refractivity contribution in [2.75, 3.05) is 13.2 Å². The Bertz CT molecular complexity index is 986. The molecule has 0 aliphatic carbocycles. The highest BCUT2D eigenvalue weighted by Gasteiger charge is 2.22. The summed E-state index contributed by atoms with van der Waals surface area (Å²) in [6, 6.07) is 16.0. The smallest absolute Gasteiger partial charge is 0.233 e. The van der Waals surface area contributed by atoms with Crippen LogP contribution in [0.5, 0.6) is 0 Å². The SMILES string of the molecule is C[C@H](Sc1nc2cc(Cl)ccc2n1Cc1ccccc1)C(=O)NC[C@H]1CCCO1. The van der Waals surface area contributed by atoms with Crippen LogP contribution in [0.2, 0.25) is 5.02 Å². The third-order valence-electron chi connectivity index (χ3n) is 5.04. The summed E-state index contributed by atoms with van der Waals surface area (Å²) in [6.45, 7) is 3.96. The molecule has 3 aromatic rings. The van der Waals surface area contributed by atoms with Gasteiger partial charge in [-0.1, -0.05) is 53.7 Å². The fourth-order valence-electron chi connectivity index (χ4n) is 3.46. The molecule has 1 fully saturated rings. The molecular formula is C22H24ClN3O2S.